The van der Waals surface area contributed by atoms with E-state index in [9.17, 15) is 18.8 Å². The maximum atomic E-state index is 14.0. The van der Waals surface area contributed by atoms with Gasteiger partial charge in [0.15, 0.2) is 10.9 Å². The maximum absolute atomic E-state index is 14.0. The average molecular weight is 493 g/mol. The first-order valence-electron chi connectivity index (χ1n) is 9.67. The van der Waals surface area contributed by atoms with Crippen LogP contribution in [0.5, 0.6) is 0 Å². The van der Waals surface area contributed by atoms with E-state index in [0.29, 0.717) is 17.1 Å². The number of thiazole rings is 2. The van der Waals surface area contributed by atoms with E-state index in [1.165, 1.54) is 23.5 Å². The Morgan fingerprint density at radius 3 is 2.78 bits per heavy atom. The molecule has 4 rings (SSSR count). The van der Waals surface area contributed by atoms with Gasteiger partial charge in [-0.2, -0.15) is 0 Å². The maximum Gasteiger partial charge on any atom is 0.261 e. The number of aryl methyl sites for hydroxylation is 1. The quantitative estimate of drug-likeness (QED) is 0.571. The standard InChI is InChI=1S/C21H18ClFN4O3S2/c1-10-24-12(9-31-10)8-27(2)20(30)11-6-15-18(16(28)7-11)32-21(25-15)26-19(29)17-13(22)4-3-5-14(17)23/h3-5,9,11H,6-8H2,1-2H3,(H,25,26,29). The Morgan fingerprint density at radius 2 is 2.09 bits per heavy atom. The second-order valence-electron chi connectivity index (χ2n) is 7.43. The van der Waals surface area contributed by atoms with Crippen LogP contribution < -0.4 is 5.32 Å². The SMILES string of the molecule is Cc1nc(CN(C)C(=O)C2CC(=O)c3sc(NC(=O)c4c(F)cccc4Cl)nc3C2)cs1. The van der Waals surface area contributed by atoms with Crippen LogP contribution in [0, 0.1) is 18.7 Å². The highest BCUT2D eigenvalue weighted by molar-refractivity contribution is 7.17. The van der Waals surface area contributed by atoms with Crippen molar-refractivity contribution in [2.24, 2.45) is 5.92 Å². The molecule has 0 bridgehead atoms. The third kappa shape index (κ3) is 4.57. The van der Waals surface area contributed by atoms with E-state index in [0.717, 1.165) is 28.1 Å². The lowest BCUT2D eigenvalue weighted by atomic mass is 9.89. The van der Waals surface area contributed by atoms with Crippen LogP contribution in [0.15, 0.2) is 23.6 Å². The number of fused-ring (bicyclic) bond motifs is 1. The minimum absolute atomic E-state index is 0.0242. The van der Waals surface area contributed by atoms with E-state index >= 15 is 0 Å². The van der Waals surface area contributed by atoms with Crippen LogP contribution in [0.25, 0.3) is 0 Å². The number of carbonyl (C=O) groups is 3. The molecule has 0 saturated carbocycles. The summed E-state index contributed by atoms with van der Waals surface area (Å²) in [5.74, 6) is -2.41. The second kappa shape index (κ2) is 9.05. The molecule has 2 amide bonds. The van der Waals surface area contributed by atoms with Crippen LogP contribution in [-0.2, 0) is 17.8 Å². The van der Waals surface area contributed by atoms with Gasteiger partial charge in [-0.05, 0) is 19.1 Å². The van der Waals surface area contributed by atoms with Gasteiger partial charge in [-0.1, -0.05) is 29.0 Å². The summed E-state index contributed by atoms with van der Waals surface area (Å²) in [5.41, 5.74) is 0.967. The summed E-state index contributed by atoms with van der Waals surface area (Å²) < 4.78 is 14.0. The molecule has 32 heavy (non-hydrogen) atoms. The number of carbonyl (C=O) groups excluding carboxylic acids is 3. The van der Waals surface area contributed by atoms with Crippen molar-refractivity contribution >= 4 is 57.0 Å². The van der Waals surface area contributed by atoms with E-state index in [-0.39, 0.29) is 40.2 Å². The predicted molar refractivity (Wildman–Crippen MR) is 121 cm³/mol. The van der Waals surface area contributed by atoms with E-state index in [2.05, 4.69) is 15.3 Å². The average Bonchev–Trinajstić information content (AvgIpc) is 3.32. The Hall–Kier alpha value is -2.69. The fourth-order valence-corrected chi connectivity index (χ4v) is 5.34. The van der Waals surface area contributed by atoms with Crippen LogP contribution in [0.2, 0.25) is 5.02 Å². The zero-order valence-electron chi connectivity index (χ0n) is 17.1. The molecule has 2 heterocycles. The molecule has 1 aromatic carbocycles. The van der Waals surface area contributed by atoms with Crippen molar-refractivity contribution in [3.63, 3.8) is 0 Å². The number of nitrogens with one attached hydrogen (secondary N) is 1. The Morgan fingerprint density at radius 1 is 1.31 bits per heavy atom. The van der Waals surface area contributed by atoms with Crippen molar-refractivity contribution in [3.05, 3.63) is 61.3 Å². The number of ketones is 1. The smallest absolute Gasteiger partial charge is 0.261 e. The monoisotopic (exact) mass is 492 g/mol. The number of nitrogens with zero attached hydrogens (tertiary/aromatic N) is 3. The topological polar surface area (TPSA) is 92.3 Å². The molecule has 1 unspecified atom stereocenters. The van der Waals surface area contributed by atoms with Gasteiger partial charge in [0, 0.05) is 25.3 Å². The number of rotatable bonds is 5. The van der Waals surface area contributed by atoms with Crippen LogP contribution in [0.4, 0.5) is 9.52 Å². The highest BCUT2D eigenvalue weighted by atomic mass is 35.5. The van der Waals surface area contributed by atoms with Gasteiger partial charge in [-0.25, -0.2) is 14.4 Å². The molecule has 1 aliphatic rings. The van der Waals surface area contributed by atoms with Gasteiger partial charge in [0.2, 0.25) is 5.91 Å². The van der Waals surface area contributed by atoms with E-state index in [4.69, 9.17) is 11.6 Å². The van der Waals surface area contributed by atoms with Crippen LogP contribution in [0.3, 0.4) is 0 Å². The second-order valence-corrected chi connectivity index (χ2v) is 9.89. The molecule has 166 valence electrons. The fraction of sp³-hybridized carbons (Fsp3) is 0.286. The number of amides is 2. The first-order chi connectivity index (χ1) is 15.2. The normalized spacial score (nSPS) is 15.4. The molecule has 11 heteroatoms. The minimum Gasteiger partial charge on any atom is -0.340 e. The van der Waals surface area contributed by atoms with Crippen molar-refractivity contribution in [2.75, 3.05) is 12.4 Å². The lowest BCUT2D eigenvalue weighted by Crippen LogP contribution is -2.36. The first-order valence-corrected chi connectivity index (χ1v) is 11.7. The molecule has 1 aliphatic carbocycles. The van der Waals surface area contributed by atoms with Crippen molar-refractivity contribution in [1.29, 1.82) is 0 Å². The molecule has 1 N–H and O–H groups in total. The third-order valence-corrected chi connectivity index (χ3v) is 7.22. The van der Waals surface area contributed by atoms with Gasteiger partial charge in [-0.3, -0.25) is 19.7 Å². The van der Waals surface area contributed by atoms with Crippen LogP contribution in [0.1, 0.15) is 42.8 Å². The number of halogens is 2. The number of hydrogen-bond acceptors (Lipinski definition) is 7. The molecule has 7 nitrogen and oxygen atoms in total. The summed E-state index contributed by atoms with van der Waals surface area (Å²) >= 11 is 8.47. The number of benzene rings is 1. The molecule has 0 spiro atoms. The van der Waals surface area contributed by atoms with Crippen molar-refractivity contribution in [3.8, 4) is 0 Å². The Kier molecular flexibility index (Phi) is 6.36. The summed E-state index contributed by atoms with van der Waals surface area (Å²) in [4.78, 5) is 48.7. The van der Waals surface area contributed by atoms with E-state index in [1.807, 2.05) is 12.3 Å². The summed E-state index contributed by atoms with van der Waals surface area (Å²) in [6.45, 7) is 2.26. The van der Waals surface area contributed by atoms with Gasteiger partial charge >= 0.3 is 0 Å². The van der Waals surface area contributed by atoms with Gasteiger partial charge in [0.1, 0.15) is 5.82 Å². The first kappa shape index (κ1) is 22.5. The lowest BCUT2D eigenvalue weighted by Gasteiger charge is -2.25. The minimum atomic E-state index is -0.753. The van der Waals surface area contributed by atoms with Gasteiger partial charge in [-0.15, -0.1) is 11.3 Å². The molecule has 0 radical (unpaired) electrons. The third-order valence-electron chi connectivity index (χ3n) is 5.02. The Bertz CT molecular complexity index is 1210. The summed E-state index contributed by atoms with van der Waals surface area (Å²) in [6, 6.07) is 3.95. The molecule has 0 fully saturated rings. The van der Waals surface area contributed by atoms with Gasteiger partial charge in [0.25, 0.3) is 5.91 Å². The molecule has 2 aromatic heterocycles. The van der Waals surface area contributed by atoms with Crippen molar-refractivity contribution in [1.82, 2.24) is 14.9 Å². The largest absolute Gasteiger partial charge is 0.340 e. The summed E-state index contributed by atoms with van der Waals surface area (Å²) in [7, 11) is 1.68. The number of anilines is 1. The molecule has 0 saturated heterocycles. The summed E-state index contributed by atoms with van der Waals surface area (Å²) in [5, 5.41) is 5.47. The Balaban J connectivity index is 1.47. The zero-order valence-corrected chi connectivity index (χ0v) is 19.5. The molecule has 3 aromatic rings. The highest BCUT2D eigenvalue weighted by Gasteiger charge is 2.34. The van der Waals surface area contributed by atoms with Gasteiger partial charge < -0.3 is 4.90 Å². The van der Waals surface area contributed by atoms with E-state index < -0.39 is 17.6 Å². The lowest BCUT2D eigenvalue weighted by molar-refractivity contribution is -0.134. The molecular formula is C21H18ClFN4O3S2. The zero-order chi connectivity index (χ0) is 23.0. The molecular weight excluding hydrogens is 475 g/mol. The van der Waals surface area contributed by atoms with E-state index in [1.54, 1.807) is 11.9 Å². The van der Waals surface area contributed by atoms with Crippen molar-refractivity contribution in [2.45, 2.75) is 26.3 Å². The van der Waals surface area contributed by atoms with Gasteiger partial charge in [0.05, 0.1) is 44.3 Å². The number of aromatic nitrogens is 2. The molecule has 0 aliphatic heterocycles. The van der Waals surface area contributed by atoms with Crippen LogP contribution >= 0.6 is 34.3 Å². The van der Waals surface area contributed by atoms with Crippen molar-refractivity contribution < 1.29 is 18.8 Å². The summed E-state index contributed by atoms with van der Waals surface area (Å²) in [6.07, 6.45) is 0.355. The van der Waals surface area contributed by atoms with Crippen LogP contribution in [-0.4, -0.2) is 39.5 Å². The number of hydrogen-bond donors (Lipinski definition) is 1. The predicted octanol–water partition coefficient (Wildman–Crippen LogP) is 4.36. The highest BCUT2D eigenvalue weighted by Crippen LogP contribution is 2.33. The fourth-order valence-electron chi connectivity index (χ4n) is 3.55. The molecule has 1 atom stereocenters. The number of Topliss-reactive ketones (excluding diaryl/α,β-unsaturated/α-hetero) is 1. The Labute approximate surface area is 196 Å².